The maximum absolute atomic E-state index is 10.4. The van der Waals surface area contributed by atoms with Gasteiger partial charge >= 0.3 is 0 Å². The molecule has 1 aliphatic heterocycles. The van der Waals surface area contributed by atoms with Crippen molar-refractivity contribution in [3.05, 3.63) is 139 Å². The van der Waals surface area contributed by atoms with Crippen molar-refractivity contribution in [3.63, 3.8) is 0 Å². The second-order valence-electron chi connectivity index (χ2n) is 9.95. The van der Waals surface area contributed by atoms with Gasteiger partial charge in [0.25, 0.3) is 0 Å². The number of aromatic hydroxyl groups is 1. The Kier molecular flexibility index (Phi) is 4.44. The predicted octanol–water partition coefficient (Wildman–Crippen LogP) is 8.22. The van der Waals surface area contributed by atoms with Gasteiger partial charge in [0.15, 0.2) is 0 Å². The molecule has 0 bridgehead atoms. The van der Waals surface area contributed by atoms with Crippen molar-refractivity contribution < 1.29 is 5.11 Å². The minimum absolute atomic E-state index is 0.268. The van der Waals surface area contributed by atoms with E-state index in [4.69, 9.17) is 0 Å². The lowest BCUT2D eigenvalue weighted by Crippen LogP contribution is -2.31. The van der Waals surface area contributed by atoms with Crippen molar-refractivity contribution in [3.8, 4) is 28.0 Å². The summed E-state index contributed by atoms with van der Waals surface area (Å²) in [6.45, 7) is 0.709. The molecule has 2 aliphatic rings. The summed E-state index contributed by atoms with van der Waals surface area (Å²) < 4.78 is 2.24. The first kappa shape index (κ1) is 21.1. The van der Waals surface area contributed by atoms with Crippen LogP contribution in [0.2, 0.25) is 0 Å². The van der Waals surface area contributed by atoms with Crippen LogP contribution in [0.1, 0.15) is 11.1 Å². The second kappa shape index (κ2) is 7.99. The number of phenols is 1. The van der Waals surface area contributed by atoms with Crippen molar-refractivity contribution in [1.82, 2.24) is 4.68 Å². The fourth-order valence-electron chi connectivity index (χ4n) is 6.25. The minimum atomic E-state index is 0.268. The van der Waals surface area contributed by atoms with Crippen molar-refractivity contribution >= 4 is 33.0 Å². The number of nitrogens with zero attached hydrogens (tertiary/aromatic N) is 2. The fourth-order valence-corrected chi connectivity index (χ4v) is 6.25. The predicted molar refractivity (Wildman–Crippen MR) is 157 cm³/mol. The number of para-hydroxylation sites is 1. The molecule has 0 spiro atoms. The molecule has 0 amide bonds. The van der Waals surface area contributed by atoms with Crippen LogP contribution in [0, 0.1) is 0 Å². The van der Waals surface area contributed by atoms with Crippen LogP contribution in [0.15, 0.2) is 128 Å². The molecule has 38 heavy (non-hydrogen) atoms. The van der Waals surface area contributed by atoms with E-state index in [0.717, 1.165) is 16.4 Å². The van der Waals surface area contributed by atoms with Gasteiger partial charge in [-0.2, -0.15) is 0 Å². The van der Waals surface area contributed by atoms with Crippen LogP contribution in [-0.2, 0) is 0 Å². The number of phenolic OH excluding ortho intramolecular Hbond substituents is 1. The molecule has 1 aromatic heterocycles. The monoisotopic (exact) mass is 488 g/mol. The smallest absolute Gasteiger partial charge is 0.117 e. The number of benzene rings is 5. The molecule has 3 heteroatoms. The second-order valence-corrected chi connectivity index (χ2v) is 9.95. The standard InChI is InChI=1S/C35H24N2O/c38-23-17-18-32-31-15-7-8-16-34(31)37(35(32)21-23)36-20-19-30-28-13-4-3-11-26(28)24-9-1-2-10-25(24)27-12-5-6-14-29(27)33(30)22-36/h1-19,21-22,38H,20H2. The van der Waals surface area contributed by atoms with Gasteiger partial charge in [-0.25, -0.2) is 0 Å². The van der Waals surface area contributed by atoms with E-state index >= 15 is 0 Å². The van der Waals surface area contributed by atoms with Gasteiger partial charge in [0, 0.05) is 28.6 Å². The normalized spacial score (nSPS) is 14.1. The maximum atomic E-state index is 10.4. The molecule has 1 N–H and O–H groups in total. The number of hydrogen-bond donors (Lipinski definition) is 1. The summed E-state index contributed by atoms with van der Waals surface area (Å²) >= 11 is 0. The third kappa shape index (κ3) is 2.96. The molecular formula is C35H24N2O. The van der Waals surface area contributed by atoms with E-state index in [1.165, 1.54) is 49.9 Å². The molecule has 0 unspecified atom stereocenters. The van der Waals surface area contributed by atoms with Crippen LogP contribution >= 0.6 is 0 Å². The summed E-state index contributed by atoms with van der Waals surface area (Å²) in [5.74, 6) is 0.268. The van der Waals surface area contributed by atoms with Crippen LogP contribution in [-0.4, -0.2) is 16.3 Å². The van der Waals surface area contributed by atoms with E-state index in [2.05, 4.69) is 119 Å². The van der Waals surface area contributed by atoms with Crippen molar-refractivity contribution in [2.24, 2.45) is 0 Å². The van der Waals surface area contributed by atoms with Gasteiger partial charge in [-0.05, 0) is 57.2 Å². The lowest BCUT2D eigenvalue weighted by atomic mass is 9.79. The zero-order valence-electron chi connectivity index (χ0n) is 20.7. The molecule has 6 aromatic rings. The lowest BCUT2D eigenvalue weighted by molar-refractivity contribution is 0.476. The summed E-state index contributed by atoms with van der Waals surface area (Å²) in [5, 5.41) is 15.0. The number of aromatic nitrogens is 1. The topological polar surface area (TPSA) is 28.4 Å². The van der Waals surface area contributed by atoms with Crippen LogP contribution in [0.4, 0.5) is 0 Å². The van der Waals surface area contributed by atoms with Gasteiger partial charge in [0.2, 0.25) is 0 Å². The molecule has 1 aliphatic carbocycles. The molecule has 180 valence electrons. The first-order chi connectivity index (χ1) is 18.8. The maximum Gasteiger partial charge on any atom is 0.117 e. The Morgan fingerprint density at radius 1 is 0.500 bits per heavy atom. The van der Waals surface area contributed by atoms with Crippen LogP contribution < -0.4 is 5.01 Å². The fraction of sp³-hybridized carbons (Fsp3) is 0.0286. The van der Waals surface area contributed by atoms with E-state index in [-0.39, 0.29) is 5.75 Å². The van der Waals surface area contributed by atoms with E-state index in [0.29, 0.717) is 6.54 Å². The zero-order chi connectivity index (χ0) is 25.2. The molecule has 0 fully saturated rings. The number of rotatable bonds is 1. The Bertz CT molecular complexity index is 1970. The largest absolute Gasteiger partial charge is 0.508 e. The minimum Gasteiger partial charge on any atom is -0.508 e. The zero-order valence-corrected chi connectivity index (χ0v) is 20.7. The average Bonchev–Trinajstić information content (AvgIpc) is 3.29. The first-order valence-corrected chi connectivity index (χ1v) is 13.0. The lowest BCUT2D eigenvalue weighted by Gasteiger charge is -2.32. The number of fused-ring (bicyclic) bond motifs is 11. The van der Waals surface area contributed by atoms with Gasteiger partial charge < -0.3 is 5.11 Å². The van der Waals surface area contributed by atoms with Crippen molar-refractivity contribution in [2.75, 3.05) is 11.6 Å². The molecule has 0 saturated heterocycles. The summed E-state index contributed by atoms with van der Waals surface area (Å²) in [6.07, 6.45) is 4.64. The average molecular weight is 489 g/mol. The highest BCUT2D eigenvalue weighted by Crippen LogP contribution is 2.47. The number of hydrogen-bond acceptors (Lipinski definition) is 2. The Labute approximate surface area is 220 Å². The summed E-state index contributed by atoms with van der Waals surface area (Å²) in [5.41, 5.74) is 12.0. The van der Waals surface area contributed by atoms with Gasteiger partial charge in [-0.1, -0.05) is 97.1 Å². The van der Waals surface area contributed by atoms with Crippen LogP contribution in [0.5, 0.6) is 5.75 Å². The highest BCUT2D eigenvalue weighted by molar-refractivity contribution is 6.14. The molecule has 0 radical (unpaired) electrons. The van der Waals surface area contributed by atoms with Crippen molar-refractivity contribution in [1.29, 1.82) is 0 Å². The summed E-state index contributed by atoms with van der Waals surface area (Å²) in [7, 11) is 0. The molecule has 3 nitrogen and oxygen atoms in total. The molecule has 0 saturated carbocycles. The molecule has 0 atom stereocenters. The Hall–Kier alpha value is -5.02. The van der Waals surface area contributed by atoms with E-state index in [1.807, 2.05) is 12.1 Å². The van der Waals surface area contributed by atoms with Crippen molar-refractivity contribution in [2.45, 2.75) is 0 Å². The first-order valence-electron chi connectivity index (χ1n) is 13.0. The SMILES string of the molecule is Oc1ccc2c3ccccc3n(N3C=C4C(=CC3)c3ccccc3-c3ccccc3-c3ccccc34)c2c1. The van der Waals surface area contributed by atoms with Gasteiger partial charge in [-0.3, -0.25) is 9.69 Å². The van der Waals surface area contributed by atoms with E-state index < -0.39 is 0 Å². The highest BCUT2D eigenvalue weighted by Gasteiger charge is 2.27. The third-order valence-electron chi connectivity index (χ3n) is 7.88. The molecular weight excluding hydrogens is 464 g/mol. The van der Waals surface area contributed by atoms with Crippen LogP contribution in [0.3, 0.4) is 0 Å². The Morgan fingerprint density at radius 3 is 1.71 bits per heavy atom. The van der Waals surface area contributed by atoms with Gasteiger partial charge in [0.05, 0.1) is 17.6 Å². The van der Waals surface area contributed by atoms with Crippen LogP contribution in [0.25, 0.3) is 55.2 Å². The van der Waals surface area contributed by atoms with Gasteiger partial charge in [0.1, 0.15) is 5.75 Å². The van der Waals surface area contributed by atoms with Gasteiger partial charge in [-0.15, -0.1) is 0 Å². The third-order valence-corrected chi connectivity index (χ3v) is 7.88. The quantitative estimate of drug-likeness (QED) is 0.253. The Morgan fingerprint density at radius 2 is 1.03 bits per heavy atom. The number of allylic oxidation sites excluding steroid dienone is 2. The summed E-state index contributed by atoms with van der Waals surface area (Å²) in [6, 6.07) is 40.3. The Balaban J connectivity index is 1.43. The van der Waals surface area contributed by atoms with E-state index in [9.17, 15) is 5.11 Å². The molecule has 5 aromatic carbocycles. The van der Waals surface area contributed by atoms with E-state index in [1.54, 1.807) is 6.07 Å². The molecule has 2 heterocycles. The molecule has 8 rings (SSSR count). The summed E-state index contributed by atoms with van der Waals surface area (Å²) in [4.78, 5) is 0. The highest BCUT2D eigenvalue weighted by atomic mass is 16.3.